The molecule has 2 N–H and O–H groups in total. The minimum atomic E-state index is -0.222. The Hall–Kier alpha value is -4.18. The third kappa shape index (κ3) is 5.86. The van der Waals surface area contributed by atoms with Gasteiger partial charge in [-0.25, -0.2) is 4.39 Å². The Kier molecular flexibility index (Phi) is 8.16. The second kappa shape index (κ2) is 11.9. The normalized spacial score (nSPS) is 11.4. The molecule has 3 nitrogen and oxygen atoms in total. The Balaban J connectivity index is 1.49. The van der Waals surface area contributed by atoms with Gasteiger partial charge in [0.15, 0.2) is 0 Å². The van der Waals surface area contributed by atoms with Crippen molar-refractivity contribution in [3.63, 3.8) is 0 Å². The summed E-state index contributed by atoms with van der Waals surface area (Å²) >= 11 is 0. The van der Waals surface area contributed by atoms with Gasteiger partial charge in [0, 0.05) is 23.5 Å². The number of benzene rings is 4. The van der Waals surface area contributed by atoms with E-state index in [0.29, 0.717) is 24.9 Å². The van der Waals surface area contributed by atoms with E-state index in [1.54, 1.807) is 12.1 Å². The number of para-hydroxylation sites is 1. The van der Waals surface area contributed by atoms with Crippen LogP contribution in [0.5, 0.6) is 0 Å². The van der Waals surface area contributed by atoms with E-state index in [9.17, 15) is 4.39 Å². The van der Waals surface area contributed by atoms with E-state index >= 15 is 0 Å². The summed E-state index contributed by atoms with van der Waals surface area (Å²) < 4.78 is 13.7. The second-order valence-corrected chi connectivity index (χ2v) is 11.1. The monoisotopic (exact) mass is 531 g/mol. The van der Waals surface area contributed by atoms with Crippen molar-refractivity contribution in [2.75, 3.05) is 10.6 Å². The molecule has 40 heavy (non-hydrogen) atoms. The van der Waals surface area contributed by atoms with Gasteiger partial charge in [0.2, 0.25) is 0 Å². The summed E-state index contributed by atoms with van der Waals surface area (Å²) in [6, 6.07) is 30.5. The summed E-state index contributed by atoms with van der Waals surface area (Å²) in [7, 11) is 0. The number of fused-ring (bicyclic) bond motifs is 1. The molecule has 0 unspecified atom stereocenters. The number of pyridine rings is 1. The molecule has 0 saturated carbocycles. The minimum Gasteiger partial charge on any atom is -0.381 e. The van der Waals surface area contributed by atoms with Crippen LogP contribution in [0.2, 0.25) is 0 Å². The molecule has 1 heterocycles. The Bertz CT molecular complexity index is 1610. The maximum Gasteiger partial charge on any atom is 0.123 e. The van der Waals surface area contributed by atoms with Crippen LogP contribution < -0.4 is 10.6 Å². The van der Waals surface area contributed by atoms with Gasteiger partial charge in [-0.1, -0.05) is 88.4 Å². The van der Waals surface area contributed by atoms with Crippen LogP contribution in [-0.4, -0.2) is 4.98 Å². The standard InChI is InChI=1S/C36H38FN3/c1-23(2)30-13-9-14-31(24(3)4)36(30)39-22-29-11-8-15-34(40-29)35-27(17-16-26-10-6-7-12-32(26)35)21-38-33-19-18-28(37)20-25(33)5/h6-20,23-24,38-39H,21-22H2,1-5H3. The fourth-order valence-corrected chi connectivity index (χ4v) is 5.43. The van der Waals surface area contributed by atoms with Crippen LogP contribution in [0, 0.1) is 12.7 Å². The zero-order chi connectivity index (χ0) is 28.2. The maximum absolute atomic E-state index is 13.7. The van der Waals surface area contributed by atoms with Crippen molar-refractivity contribution in [3.8, 4) is 11.3 Å². The van der Waals surface area contributed by atoms with Crippen molar-refractivity contribution in [2.24, 2.45) is 0 Å². The van der Waals surface area contributed by atoms with Crippen molar-refractivity contribution < 1.29 is 4.39 Å². The zero-order valence-corrected chi connectivity index (χ0v) is 24.1. The largest absolute Gasteiger partial charge is 0.381 e. The molecule has 0 aliphatic carbocycles. The van der Waals surface area contributed by atoms with Gasteiger partial charge in [-0.05, 0) is 82.1 Å². The van der Waals surface area contributed by atoms with Crippen LogP contribution in [0.25, 0.3) is 22.0 Å². The molecule has 0 bridgehead atoms. The predicted octanol–water partition coefficient (Wildman–Crippen LogP) is 9.82. The Morgan fingerprint density at radius 1 is 0.725 bits per heavy atom. The Morgan fingerprint density at radius 3 is 2.17 bits per heavy atom. The average molecular weight is 532 g/mol. The van der Waals surface area contributed by atoms with Gasteiger partial charge in [-0.15, -0.1) is 0 Å². The summed E-state index contributed by atoms with van der Waals surface area (Å²) in [6.07, 6.45) is 0. The number of aryl methyl sites for hydroxylation is 1. The molecule has 4 heteroatoms. The first kappa shape index (κ1) is 27.4. The highest BCUT2D eigenvalue weighted by molar-refractivity contribution is 5.97. The van der Waals surface area contributed by atoms with Crippen molar-refractivity contribution in [1.29, 1.82) is 0 Å². The SMILES string of the molecule is Cc1cc(F)ccc1NCc1ccc2ccccc2c1-c1cccc(CNc2c(C(C)C)cccc2C(C)C)n1. The minimum absolute atomic E-state index is 0.222. The quantitative estimate of drug-likeness (QED) is 0.199. The van der Waals surface area contributed by atoms with Crippen LogP contribution in [0.15, 0.2) is 91.0 Å². The van der Waals surface area contributed by atoms with Gasteiger partial charge in [0.1, 0.15) is 5.82 Å². The molecule has 0 atom stereocenters. The van der Waals surface area contributed by atoms with Gasteiger partial charge in [0.05, 0.1) is 17.9 Å². The number of aromatic nitrogens is 1. The Morgan fingerprint density at radius 2 is 1.45 bits per heavy atom. The van der Waals surface area contributed by atoms with Crippen LogP contribution in [0.1, 0.15) is 67.5 Å². The first-order valence-corrected chi connectivity index (χ1v) is 14.2. The fourth-order valence-electron chi connectivity index (χ4n) is 5.43. The number of nitrogens with zero attached hydrogens (tertiary/aromatic N) is 1. The van der Waals surface area contributed by atoms with Crippen molar-refractivity contribution in [1.82, 2.24) is 4.98 Å². The summed E-state index contributed by atoms with van der Waals surface area (Å²) in [6.45, 7) is 12.1. The van der Waals surface area contributed by atoms with Crippen molar-refractivity contribution in [2.45, 2.75) is 59.5 Å². The van der Waals surface area contributed by atoms with Crippen LogP contribution in [0.4, 0.5) is 15.8 Å². The molecule has 0 aliphatic rings. The van der Waals surface area contributed by atoms with Gasteiger partial charge in [0.25, 0.3) is 0 Å². The molecule has 0 spiro atoms. The van der Waals surface area contributed by atoms with Crippen molar-refractivity contribution >= 4 is 22.1 Å². The Labute approximate surface area is 237 Å². The highest BCUT2D eigenvalue weighted by Gasteiger charge is 2.15. The van der Waals surface area contributed by atoms with E-state index in [1.165, 1.54) is 33.7 Å². The lowest BCUT2D eigenvalue weighted by molar-refractivity contribution is 0.627. The smallest absolute Gasteiger partial charge is 0.123 e. The lowest BCUT2D eigenvalue weighted by atomic mass is 9.92. The first-order chi connectivity index (χ1) is 19.3. The summed E-state index contributed by atoms with van der Waals surface area (Å²) in [5.41, 5.74) is 9.92. The molecule has 0 amide bonds. The van der Waals surface area contributed by atoms with Crippen molar-refractivity contribution in [3.05, 3.63) is 125 Å². The van der Waals surface area contributed by atoms with Crippen LogP contribution in [0.3, 0.4) is 0 Å². The van der Waals surface area contributed by atoms with E-state index in [0.717, 1.165) is 33.8 Å². The van der Waals surface area contributed by atoms with E-state index in [4.69, 9.17) is 4.98 Å². The number of hydrogen-bond acceptors (Lipinski definition) is 3. The third-order valence-electron chi connectivity index (χ3n) is 7.56. The lowest BCUT2D eigenvalue weighted by Gasteiger charge is -2.21. The second-order valence-electron chi connectivity index (χ2n) is 11.1. The first-order valence-electron chi connectivity index (χ1n) is 14.2. The summed E-state index contributed by atoms with van der Waals surface area (Å²) in [4.78, 5) is 5.16. The molecule has 0 fully saturated rings. The topological polar surface area (TPSA) is 37.0 Å². The van der Waals surface area contributed by atoms with Gasteiger partial charge in [-0.3, -0.25) is 4.98 Å². The highest BCUT2D eigenvalue weighted by Crippen LogP contribution is 2.34. The molecule has 204 valence electrons. The lowest BCUT2D eigenvalue weighted by Crippen LogP contribution is -2.09. The maximum atomic E-state index is 13.7. The highest BCUT2D eigenvalue weighted by atomic mass is 19.1. The summed E-state index contributed by atoms with van der Waals surface area (Å²) in [5.74, 6) is 0.632. The van der Waals surface area contributed by atoms with Crippen LogP contribution in [-0.2, 0) is 13.1 Å². The number of anilines is 2. The molecule has 1 aromatic heterocycles. The van der Waals surface area contributed by atoms with Gasteiger partial charge >= 0.3 is 0 Å². The number of nitrogens with one attached hydrogen (secondary N) is 2. The summed E-state index contributed by atoms with van der Waals surface area (Å²) in [5, 5.41) is 9.61. The van der Waals surface area contributed by atoms with E-state index in [1.807, 2.05) is 6.92 Å². The molecule has 5 aromatic rings. The molecule has 4 aromatic carbocycles. The van der Waals surface area contributed by atoms with E-state index < -0.39 is 0 Å². The third-order valence-corrected chi connectivity index (χ3v) is 7.56. The molecular formula is C36H38FN3. The molecule has 0 radical (unpaired) electrons. The van der Waals surface area contributed by atoms with E-state index in [2.05, 4.69) is 111 Å². The van der Waals surface area contributed by atoms with Gasteiger partial charge in [-0.2, -0.15) is 0 Å². The molecule has 0 aliphatic heterocycles. The zero-order valence-electron chi connectivity index (χ0n) is 24.1. The van der Waals surface area contributed by atoms with Gasteiger partial charge < -0.3 is 10.6 Å². The van der Waals surface area contributed by atoms with E-state index in [-0.39, 0.29) is 5.82 Å². The number of rotatable bonds is 9. The average Bonchev–Trinajstić information content (AvgIpc) is 2.95. The molecule has 5 rings (SSSR count). The fraction of sp³-hybridized carbons (Fsp3) is 0.250. The number of hydrogen-bond donors (Lipinski definition) is 2. The molecule has 0 saturated heterocycles. The predicted molar refractivity (Wildman–Crippen MR) is 168 cm³/mol. The molecular weight excluding hydrogens is 493 g/mol. The van der Waals surface area contributed by atoms with Crippen LogP contribution >= 0.6 is 0 Å². The number of halogens is 1.